The molecule has 1 rings (SSSR count). The highest BCUT2D eigenvalue weighted by atomic mass is 79.9. The van der Waals surface area contributed by atoms with Crippen molar-refractivity contribution in [2.75, 3.05) is 5.73 Å². The second-order valence-corrected chi connectivity index (χ2v) is 5.04. The van der Waals surface area contributed by atoms with E-state index in [9.17, 15) is 0 Å². The van der Waals surface area contributed by atoms with Gasteiger partial charge >= 0.3 is 0 Å². The molecule has 1 unspecified atom stereocenters. The summed E-state index contributed by atoms with van der Waals surface area (Å²) in [4.78, 5) is 0. The molecular weight excluding hydrogens is 254 g/mol. The number of halogens is 1. The molecule has 0 bridgehead atoms. The SMILES string of the molecule is CC(C)CC(NN)c1cc(Br)ccc1N. The molecule has 15 heavy (non-hydrogen) atoms. The fraction of sp³-hybridized carbons (Fsp3) is 0.455. The van der Waals surface area contributed by atoms with Crippen LogP contribution in [0.25, 0.3) is 0 Å². The maximum absolute atomic E-state index is 5.93. The third-order valence-corrected chi connectivity index (χ3v) is 2.83. The lowest BCUT2D eigenvalue weighted by atomic mass is 9.96. The minimum Gasteiger partial charge on any atom is -0.398 e. The van der Waals surface area contributed by atoms with Crippen LogP contribution in [-0.4, -0.2) is 0 Å². The third kappa shape index (κ3) is 3.48. The van der Waals surface area contributed by atoms with Crippen molar-refractivity contribution in [1.82, 2.24) is 5.43 Å². The molecule has 0 saturated carbocycles. The zero-order chi connectivity index (χ0) is 11.4. The zero-order valence-electron chi connectivity index (χ0n) is 9.13. The summed E-state index contributed by atoms with van der Waals surface area (Å²) >= 11 is 3.44. The van der Waals surface area contributed by atoms with Crippen molar-refractivity contribution in [3.63, 3.8) is 0 Å². The Hall–Kier alpha value is -0.580. The van der Waals surface area contributed by atoms with Gasteiger partial charge in [-0.1, -0.05) is 29.8 Å². The van der Waals surface area contributed by atoms with Gasteiger partial charge in [-0.25, -0.2) is 0 Å². The van der Waals surface area contributed by atoms with Crippen LogP contribution in [0.5, 0.6) is 0 Å². The van der Waals surface area contributed by atoms with Gasteiger partial charge in [0.2, 0.25) is 0 Å². The molecule has 0 spiro atoms. The molecule has 0 aliphatic carbocycles. The van der Waals surface area contributed by atoms with E-state index in [1.165, 1.54) is 0 Å². The van der Waals surface area contributed by atoms with Crippen LogP contribution >= 0.6 is 15.9 Å². The highest BCUT2D eigenvalue weighted by Crippen LogP contribution is 2.28. The number of hydrogen-bond donors (Lipinski definition) is 3. The number of nitrogens with two attached hydrogens (primary N) is 2. The number of nitrogens with one attached hydrogen (secondary N) is 1. The topological polar surface area (TPSA) is 64.1 Å². The summed E-state index contributed by atoms with van der Waals surface area (Å²) in [5.74, 6) is 6.12. The van der Waals surface area contributed by atoms with E-state index in [-0.39, 0.29) is 6.04 Å². The minimum atomic E-state index is 0.113. The van der Waals surface area contributed by atoms with Crippen LogP contribution in [0, 0.1) is 5.92 Å². The van der Waals surface area contributed by atoms with Crippen LogP contribution in [0.2, 0.25) is 0 Å². The molecule has 0 fully saturated rings. The highest BCUT2D eigenvalue weighted by molar-refractivity contribution is 9.10. The molecule has 0 aliphatic heterocycles. The van der Waals surface area contributed by atoms with Crippen LogP contribution in [0.3, 0.4) is 0 Å². The summed E-state index contributed by atoms with van der Waals surface area (Å²) in [5.41, 5.74) is 10.6. The molecule has 0 aliphatic rings. The Balaban J connectivity index is 2.95. The van der Waals surface area contributed by atoms with E-state index in [0.717, 1.165) is 22.1 Å². The summed E-state index contributed by atoms with van der Waals surface area (Å²) in [7, 11) is 0. The van der Waals surface area contributed by atoms with Gasteiger partial charge in [-0.3, -0.25) is 11.3 Å². The molecule has 84 valence electrons. The Morgan fingerprint density at radius 2 is 2.07 bits per heavy atom. The van der Waals surface area contributed by atoms with Gasteiger partial charge in [-0.15, -0.1) is 0 Å². The third-order valence-electron chi connectivity index (χ3n) is 2.33. The van der Waals surface area contributed by atoms with Gasteiger partial charge in [0, 0.05) is 16.2 Å². The van der Waals surface area contributed by atoms with Crippen molar-refractivity contribution in [3.05, 3.63) is 28.2 Å². The first kappa shape index (κ1) is 12.5. The smallest absolute Gasteiger partial charge is 0.0483 e. The molecular formula is C11H18BrN3. The Morgan fingerprint density at radius 3 is 2.60 bits per heavy atom. The Labute approximate surface area is 99.3 Å². The molecule has 0 amide bonds. The fourth-order valence-electron chi connectivity index (χ4n) is 1.60. The maximum Gasteiger partial charge on any atom is 0.0483 e. The van der Waals surface area contributed by atoms with E-state index >= 15 is 0 Å². The molecule has 1 aromatic carbocycles. The van der Waals surface area contributed by atoms with E-state index in [4.69, 9.17) is 11.6 Å². The second kappa shape index (κ2) is 5.49. The minimum absolute atomic E-state index is 0.113. The van der Waals surface area contributed by atoms with Gasteiger partial charge in [-0.2, -0.15) is 0 Å². The van der Waals surface area contributed by atoms with Crippen molar-refractivity contribution in [2.24, 2.45) is 11.8 Å². The van der Waals surface area contributed by atoms with Crippen LogP contribution in [0.4, 0.5) is 5.69 Å². The van der Waals surface area contributed by atoms with Crippen molar-refractivity contribution in [3.8, 4) is 0 Å². The maximum atomic E-state index is 5.93. The first-order chi connectivity index (χ1) is 7.04. The lowest BCUT2D eigenvalue weighted by Gasteiger charge is -2.20. The number of nitrogen functional groups attached to an aromatic ring is 1. The molecule has 1 aromatic rings. The summed E-state index contributed by atoms with van der Waals surface area (Å²) in [6, 6.07) is 5.95. The lowest BCUT2D eigenvalue weighted by Crippen LogP contribution is -2.29. The Kier molecular flexibility index (Phi) is 4.57. The predicted molar refractivity (Wildman–Crippen MR) is 68.1 cm³/mol. The number of benzene rings is 1. The quantitative estimate of drug-likeness (QED) is 0.448. The highest BCUT2D eigenvalue weighted by Gasteiger charge is 2.14. The number of anilines is 1. The number of rotatable bonds is 4. The molecule has 1 atom stereocenters. The average Bonchev–Trinajstić information content (AvgIpc) is 2.18. The number of hydrazine groups is 1. The summed E-state index contributed by atoms with van der Waals surface area (Å²) < 4.78 is 1.02. The van der Waals surface area contributed by atoms with Gasteiger partial charge in [0.05, 0.1) is 0 Å². The van der Waals surface area contributed by atoms with Gasteiger partial charge in [-0.05, 0) is 36.1 Å². The van der Waals surface area contributed by atoms with Crippen molar-refractivity contribution in [1.29, 1.82) is 0 Å². The van der Waals surface area contributed by atoms with E-state index in [2.05, 4.69) is 35.2 Å². The lowest BCUT2D eigenvalue weighted by molar-refractivity contribution is 0.439. The van der Waals surface area contributed by atoms with Crippen LogP contribution in [0.15, 0.2) is 22.7 Å². The van der Waals surface area contributed by atoms with E-state index in [1.54, 1.807) is 0 Å². The summed E-state index contributed by atoms with van der Waals surface area (Å²) in [6.45, 7) is 4.33. The van der Waals surface area contributed by atoms with Gasteiger partial charge in [0.15, 0.2) is 0 Å². The first-order valence-corrected chi connectivity index (χ1v) is 5.85. The standard InChI is InChI=1S/C11H18BrN3/c1-7(2)5-11(15-14)9-6-8(12)3-4-10(9)13/h3-4,6-7,11,15H,5,13-14H2,1-2H3. The first-order valence-electron chi connectivity index (χ1n) is 5.05. The summed E-state index contributed by atoms with van der Waals surface area (Å²) in [6.07, 6.45) is 0.969. The van der Waals surface area contributed by atoms with E-state index in [0.29, 0.717) is 5.92 Å². The van der Waals surface area contributed by atoms with Gasteiger partial charge in [0.1, 0.15) is 0 Å². The molecule has 3 nitrogen and oxygen atoms in total. The van der Waals surface area contributed by atoms with Crippen molar-refractivity contribution in [2.45, 2.75) is 26.3 Å². The molecule has 5 N–H and O–H groups in total. The monoisotopic (exact) mass is 271 g/mol. The van der Waals surface area contributed by atoms with Crippen molar-refractivity contribution >= 4 is 21.6 Å². The number of hydrogen-bond acceptors (Lipinski definition) is 3. The zero-order valence-corrected chi connectivity index (χ0v) is 10.7. The normalized spacial score (nSPS) is 13.1. The predicted octanol–water partition coefficient (Wildman–Crippen LogP) is 2.58. The van der Waals surface area contributed by atoms with Gasteiger partial charge < -0.3 is 5.73 Å². The molecule has 0 heterocycles. The van der Waals surface area contributed by atoms with Crippen LogP contribution in [-0.2, 0) is 0 Å². The largest absolute Gasteiger partial charge is 0.398 e. The van der Waals surface area contributed by atoms with Crippen molar-refractivity contribution < 1.29 is 0 Å². The summed E-state index contributed by atoms with van der Waals surface area (Å²) in [5, 5.41) is 0. The molecule has 0 radical (unpaired) electrons. The Bertz CT molecular complexity index is 326. The molecule has 4 heteroatoms. The molecule has 0 aromatic heterocycles. The van der Waals surface area contributed by atoms with Crippen LogP contribution in [0.1, 0.15) is 31.9 Å². The Morgan fingerprint density at radius 1 is 1.40 bits per heavy atom. The fourth-order valence-corrected chi connectivity index (χ4v) is 1.98. The molecule has 0 saturated heterocycles. The van der Waals surface area contributed by atoms with E-state index in [1.807, 2.05) is 18.2 Å². The van der Waals surface area contributed by atoms with E-state index < -0.39 is 0 Å². The van der Waals surface area contributed by atoms with Crippen LogP contribution < -0.4 is 17.0 Å². The average molecular weight is 272 g/mol. The van der Waals surface area contributed by atoms with Gasteiger partial charge in [0.25, 0.3) is 0 Å². The second-order valence-electron chi connectivity index (χ2n) is 4.12.